The Morgan fingerprint density at radius 3 is 2.87 bits per heavy atom. The van der Waals surface area contributed by atoms with Crippen LogP contribution in [0.3, 0.4) is 0 Å². The Bertz CT molecular complexity index is 486. The highest BCUT2D eigenvalue weighted by Crippen LogP contribution is 2.27. The van der Waals surface area contributed by atoms with Crippen LogP contribution in [-0.4, -0.2) is 4.98 Å². The molecule has 3 N–H and O–H groups in total. The van der Waals surface area contributed by atoms with Gasteiger partial charge in [-0.1, -0.05) is 11.6 Å². The van der Waals surface area contributed by atoms with E-state index in [1.807, 2.05) is 5.38 Å². The number of nitrogens with one attached hydrogen (secondary N) is 1. The summed E-state index contributed by atoms with van der Waals surface area (Å²) in [5, 5.41) is 2.51. The minimum Gasteiger partial charge on any atom is -0.300 e. The van der Waals surface area contributed by atoms with Crippen molar-refractivity contribution in [3.63, 3.8) is 0 Å². The average Bonchev–Trinajstić information content (AvgIpc) is 2.70. The second-order valence-electron chi connectivity index (χ2n) is 2.81. The smallest absolute Gasteiger partial charge is 0.197 e. The van der Waals surface area contributed by atoms with Gasteiger partial charge in [0.15, 0.2) is 5.13 Å². The summed E-state index contributed by atoms with van der Waals surface area (Å²) in [6, 6.07) is 4.47. The highest BCUT2D eigenvalue weighted by atomic mass is 35.5. The molecule has 2 aromatic rings. The zero-order chi connectivity index (χ0) is 10.8. The number of anilines is 1. The number of nitrogens with two attached hydrogens (primary N) is 1. The van der Waals surface area contributed by atoms with Gasteiger partial charge in [-0.05, 0) is 18.2 Å². The molecular formula is C9H7ClFN3S. The topological polar surface area (TPSA) is 50.9 Å². The van der Waals surface area contributed by atoms with Crippen molar-refractivity contribution in [2.24, 2.45) is 5.84 Å². The molecule has 0 unspecified atom stereocenters. The first-order valence-electron chi connectivity index (χ1n) is 4.08. The molecule has 6 heteroatoms. The van der Waals surface area contributed by atoms with Crippen LogP contribution in [0.15, 0.2) is 23.6 Å². The Labute approximate surface area is 94.7 Å². The van der Waals surface area contributed by atoms with Crippen LogP contribution in [0.2, 0.25) is 5.02 Å². The predicted octanol–water partition coefficient (Wildman–Crippen LogP) is 2.89. The molecule has 0 bridgehead atoms. The van der Waals surface area contributed by atoms with Crippen LogP contribution in [0.5, 0.6) is 0 Å². The van der Waals surface area contributed by atoms with E-state index >= 15 is 0 Å². The van der Waals surface area contributed by atoms with Crippen LogP contribution >= 0.6 is 22.9 Å². The first-order valence-corrected chi connectivity index (χ1v) is 5.34. The summed E-state index contributed by atoms with van der Waals surface area (Å²) in [5.41, 5.74) is 3.92. The largest absolute Gasteiger partial charge is 0.300 e. The third-order valence-corrected chi connectivity index (χ3v) is 2.91. The van der Waals surface area contributed by atoms with E-state index in [0.717, 1.165) is 11.3 Å². The maximum Gasteiger partial charge on any atom is 0.197 e. The van der Waals surface area contributed by atoms with E-state index in [0.29, 0.717) is 5.13 Å². The first kappa shape index (κ1) is 10.4. The Morgan fingerprint density at radius 2 is 2.27 bits per heavy atom. The van der Waals surface area contributed by atoms with E-state index < -0.39 is 5.82 Å². The van der Waals surface area contributed by atoms with E-state index in [1.165, 1.54) is 23.5 Å². The van der Waals surface area contributed by atoms with Gasteiger partial charge in [-0.2, -0.15) is 0 Å². The Morgan fingerprint density at radius 1 is 1.47 bits per heavy atom. The quantitative estimate of drug-likeness (QED) is 0.630. The molecule has 0 saturated carbocycles. The second-order valence-corrected chi connectivity index (χ2v) is 4.08. The van der Waals surface area contributed by atoms with Crippen molar-refractivity contribution in [2.45, 2.75) is 0 Å². The number of aromatic nitrogens is 1. The molecular weight excluding hydrogens is 237 g/mol. The summed E-state index contributed by atoms with van der Waals surface area (Å²) in [6.45, 7) is 0. The molecule has 0 saturated heterocycles. The van der Waals surface area contributed by atoms with E-state index in [1.54, 1.807) is 6.07 Å². The van der Waals surface area contributed by atoms with Gasteiger partial charge in [0.05, 0.1) is 10.7 Å². The van der Waals surface area contributed by atoms with E-state index in [-0.39, 0.29) is 5.02 Å². The first-order chi connectivity index (χ1) is 7.20. The number of hydrazine groups is 1. The standard InChI is InChI=1S/C9H7ClFN3S/c10-6-3-5(1-2-7(6)11)8-4-15-9(13-8)14-12/h1-4H,12H2,(H,13,14). The van der Waals surface area contributed by atoms with Crippen molar-refractivity contribution in [2.75, 3.05) is 5.43 Å². The van der Waals surface area contributed by atoms with Crippen molar-refractivity contribution in [3.8, 4) is 11.3 Å². The van der Waals surface area contributed by atoms with Crippen molar-refractivity contribution < 1.29 is 4.39 Å². The molecule has 0 radical (unpaired) electrons. The summed E-state index contributed by atoms with van der Waals surface area (Å²) in [5.74, 6) is 4.77. The van der Waals surface area contributed by atoms with Gasteiger partial charge in [0.2, 0.25) is 0 Å². The molecule has 3 nitrogen and oxygen atoms in total. The molecule has 0 spiro atoms. The fourth-order valence-corrected chi connectivity index (χ4v) is 1.94. The number of hydrogen-bond acceptors (Lipinski definition) is 4. The van der Waals surface area contributed by atoms with Gasteiger partial charge in [0.1, 0.15) is 5.82 Å². The Kier molecular flexibility index (Phi) is 2.86. The molecule has 0 atom stereocenters. The second kappa shape index (κ2) is 4.14. The van der Waals surface area contributed by atoms with Gasteiger partial charge in [0.25, 0.3) is 0 Å². The number of thiazole rings is 1. The van der Waals surface area contributed by atoms with E-state index in [4.69, 9.17) is 17.4 Å². The maximum absolute atomic E-state index is 12.9. The third kappa shape index (κ3) is 2.09. The van der Waals surface area contributed by atoms with Crippen molar-refractivity contribution >= 4 is 28.1 Å². The minimum absolute atomic E-state index is 0.0859. The van der Waals surface area contributed by atoms with Gasteiger partial charge in [-0.15, -0.1) is 11.3 Å². The van der Waals surface area contributed by atoms with Crippen molar-refractivity contribution in [1.29, 1.82) is 0 Å². The zero-order valence-corrected chi connectivity index (χ0v) is 9.07. The van der Waals surface area contributed by atoms with Gasteiger partial charge in [-0.25, -0.2) is 15.2 Å². The van der Waals surface area contributed by atoms with Gasteiger partial charge in [-0.3, -0.25) is 5.43 Å². The van der Waals surface area contributed by atoms with Crippen molar-refractivity contribution in [1.82, 2.24) is 4.98 Å². The fourth-order valence-electron chi connectivity index (χ4n) is 1.13. The van der Waals surface area contributed by atoms with Gasteiger partial charge >= 0.3 is 0 Å². The lowest BCUT2D eigenvalue weighted by atomic mass is 10.2. The molecule has 1 heterocycles. The molecule has 0 amide bonds. The SMILES string of the molecule is NNc1nc(-c2ccc(F)c(Cl)c2)cs1. The zero-order valence-electron chi connectivity index (χ0n) is 7.50. The fraction of sp³-hybridized carbons (Fsp3) is 0. The number of nitrogen functional groups attached to an aromatic ring is 1. The van der Waals surface area contributed by atoms with Crippen LogP contribution in [0.1, 0.15) is 0 Å². The van der Waals surface area contributed by atoms with Crippen LogP contribution in [0.4, 0.5) is 9.52 Å². The van der Waals surface area contributed by atoms with Crippen LogP contribution in [0.25, 0.3) is 11.3 Å². The third-order valence-electron chi connectivity index (χ3n) is 1.84. The molecule has 0 fully saturated rings. The number of hydrogen-bond donors (Lipinski definition) is 2. The Hall–Kier alpha value is -1.17. The minimum atomic E-state index is -0.437. The molecule has 0 aliphatic rings. The molecule has 78 valence electrons. The van der Waals surface area contributed by atoms with E-state index in [2.05, 4.69) is 10.4 Å². The van der Waals surface area contributed by atoms with Crippen LogP contribution in [-0.2, 0) is 0 Å². The molecule has 1 aromatic carbocycles. The molecule has 0 aliphatic carbocycles. The maximum atomic E-state index is 12.9. The highest BCUT2D eigenvalue weighted by Gasteiger charge is 2.06. The van der Waals surface area contributed by atoms with Crippen LogP contribution in [0, 0.1) is 5.82 Å². The number of benzene rings is 1. The molecule has 15 heavy (non-hydrogen) atoms. The average molecular weight is 244 g/mol. The van der Waals surface area contributed by atoms with Gasteiger partial charge in [0, 0.05) is 10.9 Å². The summed E-state index contributed by atoms with van der Waals surface area (Å²) < 4.78 is 12.9. The summed E-state index contributed by atoms with van der Waals surface area (Å²) >= 11 is 7.04. The Balaban J connectivity index is 2.40. The molecule has 0 aliphatic heterocycles. The summed E-state index contributed by atoms with van der Waals surface area (Å²) in [6.07, 6.45) is 0. The molecule has 1 aromatic heterocycles. The molecule has 2 rings (SSSR count). The van der Waals surface area contributed by atoms with Gasteiger partial charge < -0.3 is 0 Å². The number of halogens is 2. The van der Waals surface area contributed by atoms with Crippen molar-refractivity contribution in [3.05, 3.63) is 34.4 Å². The van der Waals surface area contributed by atoms with Crippen LogP contribution < -0.4 is 11.3 Å². The predicted molar refractivity (Wildman–Crippen MR) is 60.3 cm³/mol. The van der Waals surface area contributed by atoms with E-state index in [9.17, 15) is 4.39 Å². The lowest BCUT2D eigenvalue weighted by Crippen LogP contribution is -2.05. The number of nitrogens with zero attached hydrogens (tertiary/aromatic N) is 1. The number of rotatable bonds is 2. The summed E-state index contributed by atoms with van der Waals surface area (Å²) in [4.78, 5) is 4.17. The highest BCUT2D eigenvalue weighted by molar-refractivity contribution is 7.14. The summed E-state index contributed by atoms with van der Waals surface area (Å²) in [7, 11) is 0. The lowest BCUT2D eigenvalue weighted by molar-refractivity contribution is 0.628. The monoisotopic (exact) mass is 243 g/mol. The lowest BCUT2D eigenvalue weighted by Gasteiger charge is -1.98. The normalized spacial score (nSPS) is 10.3.